The first kappa shape index (κ1) is 17.2. The lowest BCUT2D eigenvalue weighted by atomic mass is 10.1. The maximum atomic E-state index is 12.2. The highest BCUT2D eigenvalue weighted by Crippen LogP contribution is 2.17. The summed E-state index contributed by atoms with van der Waals surface area (Å²) in [5, 5.41) is 6.49. The lowest BCUT2D eigenvalue weighted by Crippen LogP contribution is -2.30. The van der Waals surface area contributed by atoms with Crippen molar-refractivity contribution in [3.05, 3.63) is 45.8 Å². The highest BCUT2D eigenvalue weighted by atomic mass is 79.9. The molecule has 7 heteroatoms. The van der Waals surface area contributed by atoms with Crippen molar-refractivity contribution in [3.63, 3.8) is 0 Å². The second-order valence-corrected chi connectivity index (χ2v) is 5.87. The molecule has 122 valence electrons. The Morgan fingerprint density at radius 3 is 2.61 bits per heavy atom. The molecule has 0 fully saturated rings. The van der Waals surface area contributed by atoms with Crippen LogP contribution in [0.3, 0.4) is 0 Å². The Morgan fingerprint density at radius 2 is 2.00 bits per heavy atom. The van der Waals surface area contributed by atoms with Crippen LogP contribution >= 0.6 is 15.9 Å². The van der Waals surface area contributed by atoms with E-state index in [1.165, 1.54) is 6.92 Å². The zero-order chi connectivity index (χ0) is 17.0. The minimum Gasteiger partial charge on any atom is -0.449 e. The van der Waals surface area contributed by atoms with Crippen molar-refractivity contribution >= 4 is 33.5 Å². The van der Waals surface area contributed by atoms with Crippen LogP contribution in [0.1, 0.15) is 35.7 Å². The Balaban J connectivity index is 2.01. The predicted octanol–water partition coefficient (Wildman–Crippen LogP) is 3.49. The Bertz CT molecular complexity index is 709. The number of esters is 1. The number of ether oxygens (including phenoxy) is 1. The Hall–Kier alpha value is -2.15. The van der Waals surface area contributed by atoms with Gasteiger partial charge in [0.25, 0.3) is 5.91 Å². The zero-order valence-corrected chi connectivity index (χ0v) is 14.6. The molecule has 0 aliphatic rings. The van der Waals surface area contributed by atoms with E-state index in [1.54, 1.807) is 31.2 Å². The molecule has 1 atom stereocenters. The molecule has 6 nitrogen and oxygen atoms in total. The van der Waals surface area contributed by atoms with E-state index in [-0.39, 0.29) is 5.56 Å². The fraction of sp³-hybridized carbons (Fsp3) is 0.312. The molecule has 0 aliphatic carbocycles. The molecule has 1 aromatic carbocycles. The Kier molecular flexibility index (Phi) is 5.54. The van der Waals surface area contributed by atoms with Crippen molar-refractivity contribution in [1.29, 1.82) is 0 Å². The first-order valence-corrected chi connectivity index (χ1v) is 7.94. The topological polar surface area (TPSA) is 81.4 Å². The van der Waals surface area contributed by atoms with Gasteiger partial charge >= 0.3 is 5.97 Å². The minimum atomic E-state index is -0.940. The van der Waals surface area contributed by atoms with Crippen molar-refractivity contribution in [2.45, 2.75) is 33.3 Å². The van der Waals surface area contributed by atoms with E-state index in [4.69, 9.17) is 9.26 Å². The number of aryl methyl sites for hydroxylation is 2. The van der Waals surface area contributed by atoms with Gasteiger partial charge in [-0.3, -0.25) is 4.79 Å². The third kappa shape index (κ3) is 4.19. The van der Waals surface area contributed by atoms with E-state index in [0.29, 0.717) is 23.6 Å². The molecule has 1 N–H and O–H groups in total. The van der Waals surface area contributed by atoms with E-state index in [2.05, 4.69) is 26.4 Å². The number of hydrogen-bond acceptors (Lipinski definition) is 5. The van der Waals surface area contributed by atoms with Gasteiger partial charge in [0.2, 0.25) is 0 Å². The van der Waals surface area contributed by atoms with Gasteiger partial charge in [-0.25, -0.2) is 4.79 Å². The largest absolute Gasteiger partial charge is 0.449 e. The number of benzene rings is 1. The summed E-state index contributed by atoms with van der Waals surface area (Å²) in [6.07, 6.45) is -0.397. The number of anilines is 1. The van der Waals surface area contributed by atoms with Crippen LogP contribution in [0, 0.1) is 6.92 Å². The fourth-order valence-electron chi connectivity index (χ4n) is 1.97. The summed E-state index contributed by atoms with van der Waals surface area (Å²) in [7, 11) is 0. The van der Waals surface area contributed by atoms with Crippen LogP contribution < -0.4 is 5.32 Å². The minimum absolute atomic E-state index is 0.288. The number of rotatable bonds is 5. The summed E-state index contributed by atoms with van der Waals surface area (Å²) in [6, 6.07) is 7.10. The van der Waals surface area contributed by atoms with Gasteiger partial charge in [0.1, 0.15) is 11.3 Å². The number of halogens is 1. The highest BCUT2D eigenvalue weighted by molar-refractivity contribution is 9.10. The molecule has 2 rings (SSSR count). The van der Waals surface area contributed by atoms with E-state index in [0.717, 1.165) is 4.47 Å². The smallest absolute Gasteiger partial charge is 0.344 e. The lowest BCUT2D eigenvalue weighted by Gasteiger charge is -2.13. The van der Waals surface area contributed by atoms with E-state index >= 15 is 0 Å². The quantitative estimate of drug-likeness (QED) is 0.802. The van der Waals surface area contributed by atoms with Gasteiger partial charge in [-0.15, -0.1) is 0 Å². The summed E-state index contributed by atoms with van der Waals surface area (Å²) >= 11 is 3.32. The predicted molar refractivity (Wildman–Crippen MR) is 88.3 cm³/mol. The van der Waals surface area contributed by atoms with Gasteiger partial charge in [-0.2, -0.15) is 0 Å². The van der Waals surface area contributed by atoms with Crippen molar-refractivity contribution in [1.82, 2.24) is 5.16 Å². The summed E-state index contributed by atoms with van der Waals surface area (Å²) in [4.78, 5) is 24.3. The number of hydrogen-bond donors (Lipinski definition) is 1. The molecule has 1 amide bonds. The Morgan fingerprint density at radius 1 is 1.35 bits per heavy atom. The number of carbonyl (C=O) groups excluding carboxylic acids is 2. The normalized spacial score (nSPS) is 11.8. The molecule has 0 saturated carbocycles. The molecular weight excluding hydrogens is 364 g/mol. The second-order valence-electron chi connectivity index (χ2n) is 4.96. The first-order valence-electron chi connectivity index (χ1n) is 7.15. The number of aromatic nitrogens is 1. The summed E-state index contributed by atoms with van der Waals surface area (Å²) in [5.41, 5.74) is 1.43. The van der Waals surface area contributed by atoms with Crippen LogP contribution in [-0.4, -0.2) is 23.1 Å². The van der Waals surface area contributed by atoms with Gasteiger partial charge in [0.05, 0.1) is 5.69 Å². The number of nitrogens with one attached hydrogen (secondary N) is 1. The van der Waals surface area contributed by atoms with Gasteiger partial charge in [-0.1, -0.05) is 28.0 Å². The molecular formula is C16H17BrN2O4. The molecule has 23 heavy (non-hydrogen) atoms. The molecule has 1 unspecified atom stereocenters. The molecule has 0 saturated heterocycles. The zero-order valence-electron chi connectivity index (χ0n) is 13.1. The average molecular weight is 381 g/mol. The van der Waals surface area contributed by atoms with Gasteiger partial charge in [0, 0.05) is 10.2 Å². The third-order valence-corrected chi connectivity index (χ3v) is 3.77. The molecule has 0 radical (unpaired) electrons. The standard InChI is InChI=1S/C16H17BrN2O4/c1-4-13-14(9(2)23-19-13)16(21)22-10(3)15(20)18-12-7-5-11(17)6-8-12/h5-8,10H,4H2,1-3H3,(H,18,20). The van der Waals surface area contributed by atoms with Crippen molar-refractivity contribution < 1.29 is 18.8 Å². The molecule has 0 aliphatic heterocycles. The van der Waals surface area contributed by atoms with Gasteiger partial charge in [-0.05, 0) is 44.5 Å². The van der Waals surface area contributed by atoms with Crippen LogP contribution in [0.2, 0.25) is 0 Å². The highest BCUT2D eigenvalue weighted by Gasteiger charge is 2.25. The van der Waals surface area contributed by atoms with Crippen molar-refractivity contribution in [2.24, 2.45) is 0 Å². The summed E-state index contributed by atoms with van der Waals surface area (Å²) in [6.45, 7) is 5.01. The van der Waals surface area contributed by atoms with Gasteiger partial charge < -0.3 is 14.6 Å². The van der Waals surface area contributed by atoms with Crippen LogP contribution in [0.4, 0.5) is 5.69 Å². The molecule has 1 aromatic heterocycles. The molecule has 1 heterocycles. The number of carbonyl (C=O) groups is 2. The SMILES string of the molecule is CCc1noc(C)c1C(=O)OC(C)C(=O)Nc1ccc(Br)cc1. The average Bonchev–Trinajstić information content (AvgIpc) is 2.90. The van der Waals surface area contributed by atoms with Crippen LogP contribution in [0.25, 0.3) is 0 Å². The molecule has 0 spiro atoms. The lowest BCUT2D eigenvalue weighted by molar-refractivity contribution is -0.123. The number of nitrogens with zero attached hydrogens (tertiary/aromatic N) is 1. The van der Waals surface area contributed by atoms with Crippen molar-refractivity contribution in [2.75, 3.05) is 5.32 Å². The maximum Gasteiger partial charge on any atom is 0.344 e. The van der Waals surface area contributed by atoms with Crippen LogP contribution in [0.15, 0.2) is 33.3 Å². The second kappa shape index (κ2) is 7.41. The number of amides is 1. The maximum absolute atomic E-state index is 12.2. The van der Waals surface area contributed by atoms with Gasteiger partial charge in [0.15, 0.2) is 6.10 Å². The van der Waals surface area contributed by atoms with E-state index < -0.39 is 18.0 Å². The molecule has 2 aromatic rings. The Labute approximate surface area is 142 Å². The van der Waals surface area contributed by atoms with Crippen molar-refractivity contribution in [3.8, 4) is 0 Å². The summed E-state index contributed by atoms with van der Waals surface area (Å²) < 4.78 is 11.1. The monoisotopic (exact) mass is 380 g/mol. The third-order valence-electron chi connectivity index (χ3n) is 3.24. The summed E-state index contributed by atoms with van der Waals surface area (Å²) in [5.74, 6) is -0.640. The fourth-order valence-corrected chi connectivity index (χ4v) is 2.24. The molecule has 0 bridgehead atoms. The van der Waals surface area contributed by atoms with Crippen LogP contribution in [0.5, 0.6) is 0 Å². The first-order chi connectivity index (χ1) is 10.9. The van der Waals surface area contributed by atoms with E-state index in [9.17, 15) is 9.59 Å². The van der Waals surface area contributed by atoms with Crippen LogP contribution in [-0.2, 0) is 16.0 Å². The van der Waals surface area contributed by atoms with E-state index in [1.807, 2.05) is 6.92 Å².